The van der Waals surface area contributed by atoms with E-state index in [2.05, 4.69) is 13.8 Å². The zero-order valence-corrected chi connectivity index (χ0v) is 12.3. The van der Waals surface area contributed by atoms with Gasteiger partial charge in [0.1, 0.15) is 5.69 Å². The summed E-state index contributed by atoms with van der Waals surface area (Å²) in [6, 6.07) is 1.70. The Bertz CT molecular complexity index is 426. The Morgan fingerprint density at radius 3 is 2.56 bits per heavy atom. The van der Waals surface area contributed by atoms with Crippen LogP contribution in [0.5, 0.6) is 0 Å². The first-order valence-electron chi connectivity index (χ1n) is 6.12. The van der Waals surface area contributed by atoms with Gasteiger partial charge in [-0.25, -0.2) is 0 Å². The van der Waals surface area contributed by atoms with Crippen molar-refractivity contribution in [2.75, 3.05) is 19.6 Å². The van der Waals surface area contributed by atoms with Gasteiger partial charge in [0.05, 0.1) is 5.02 Å². The van der Waals surface area contributed by atoms with Crippen molar-refractivity contribution in [1.82, 2.24) is 9.47 Å². The molecule has 0 atom stereocenters. The molecule has 0 aromatic carbocycles. The third-order valence-electron chi connectivity index (χ3n) is 3.03. The van der Waals surface area contributed by atoms with E-state index >= 15 is 0 Å². The van der Waals surface area contributed by atoms with Crippen LogP contribution in [-0.4, -0.2) is 35.0 Å². The first-order chi connectivity index (χ1) is 8.30. The van der Waals surface area contributed by atoms with E-state index in [-0.39, 0.29) is 11.3 Å². The molecule has 2 N–H and O–H groups in total. The SMILES string of the molecule is CCN(CC(C)(C)CN)C(=O)c1cc(Cl)cn1C. The molecule has 1 rings (SSSR count). The molecule has 102 valence electrons. The highest BCUT2D eigenvalue weighted by atomic mass is 35.5. The molecule has 0 bridgehead atoms. The number of hydrogen-bond donors (Lipinski definition) is 1. The zero-order valence-electron chi connectivity index (χ0n) is 11.5. The second-order valence-electron chi connectivity index (χ2n) is 5.34. The summed E-state index contributed by atoms with van der Waals surface area (Å²) in [5.74, 6) is -0.00609. The van der Waals surface area contributed by atoms with E-state index in [1.165, 1.54) is 0 Å². The normalized spacial score (nSPS) is 11.7. The Kier molecular flexibility index (Phi) is 4.82. The molecular formula is C13H22ClN3O. The minimum atomic E-state index is -0.0827. The number of nitrogens with two attached hydrogens (primary N) is 1. The van der Waals surface area contributed by atoms with E-state index < -0.39 is 0 Å². The van der Waals surface area contributed by atoms with E-state index in [1.54, 1.807) is 21.7 Å². The van der Waals surface area contributed by atoms with Crippen LogP contribution >= 0.6 is 11.6 Å². The number of carbonyl (C=O) groups excluding carboxylic acids is 1. The Morgan fingerprint density at radius 2 is 2.17 bits per heavy atom. The van der Waals surface area contributed by atoms with Gasteiger partial charge in [0.2, 0.25) is 0 Å². The van der Waals surface area contributed by atoms with Crippen molar-refractivity contribution < 1.29 is 4.79 Å². The third-order valence-corrected chi connectivity index (χ3v) is 3.24. The molecule has 1 heterocycles. The summed E-state index contributed by atoms with van der Waals surface area (Å²) in [5, 5.41) is 0.579. The van der Waals surface area contributed by atoms with Gasteiger partial charge in [-0.15, -0.1) is 0 Å². The van der Waals surface area contributed by atoms with E-state index in [9.17, 15) is 4.79 Å². The van der Waals surface area contributed by atoms with Gasteiger partial charge in [-0.2, -0.15) is 0 Å². The first kappa shape index (κ1) is 15.1. The van der Waals surface area contributed by atoms with Crippen LogP contribution in [0.25, 0.3) is 0 Å². The number of amides is 1. The molecule has 5 heteroatoms. The average molecular weight is 272 g/mol. The second kappa shape index (κ2) is 5.76. The van der Waals surface area contributed by atoms with Crippen molar-refractivity contribution in [3.8, 4) is 0 Å². The molecule has 4 nitrogen and oxygen atoms in total. The van der Waals surface area contributed by atoms with Gasteiger partial charge in [-0.05, 0) is 24.9 Å². The second-order valence-corrected chi connectivity index (χ2v) is 5.78. The lowest BCUT2D eigenvalue weighted by Gasteiger charge is -2.31. The Balaban J connectivity index is 2.89. The molecule has 0 spiro atoms. The first-order valence-corrected chi connectivity index (χ1v) is 6.49. The summed E-state index contributed by atoms with van der Waals surface area (Å²) < 4.78 is 1.75. The van der Waals surface area contributed by atoms with E-state index in [1.807, 2.05) is 14.0 Å². The van der Waals surface area contributed by atoms with Crippen molar-refractivity contribution in [3.63, 3.8) is 0 Å². The van der Waals surface area contributed by atoms with E-state index in [0.29, 0.717) is 30.4 Å². The van der Waals surface area contributed by atoms with Crippen LogP contribution in [0.3, 0.4) is 0 Å². The van der Waals surface area contributed by atoms with Crippen molar-refractivity contribution in [1.29, 1.82) is 0 Å². The van der Waals surface area contributed by atoms with Gasteiger partial charge in [0.15, 0.2) is 0 Å². The van der Waals surface area contributed by atoms with Crippen molar-refractivity contribution >= 4 is 17.5 Å². The molecule has 0 radical (unpaired) electrons. The molecule has 0 saturated heterocycles. The highest BCUT2D eigenvalue weighted by molar-refractivity contribution is 6.31. The lowest BCUT2D eigenvalue weighted by molar-refractivity contribution is 0.0691. The number of halogens is 1. The van der Waals surface area contributed by atoms with Crippen LogP contribution in [0.1, 0.15) is 31.3 Å². The maximum absolute atomic E-state index is 12.4. The summed E-state index contributed by atoms with van der Waals surface area (Å²) in [5.41, 5.74) is 6.24. The lowest BCUT2D eigenvalue weighted by Crippen LogP contribution is -2.42. The van der Waals surface area contributed by atoms with Crippen LogP contribution < -0.4 is 5.73 Å². The minimum absolute atomic E-state index is 0.00609. The summed E-state index contributed by atoms with van der Waals surface area (Å²) in [4.78, 5) is 14.2. The molecule has 0 unspecified atom stereocenters. The molecule has 1 aromatic rings. The maximum atomic E-state index is 12.4. The number of aromatic nitrogens is 1. The Labute approximate surface area is 114 Å². The molecular weight excluding hydrogens is 250 g/mol. The monoisotopic (exact) mass is 271 g/mol. The largest absolute Gasteiger partial charge is 0.345 e. The Morgan fingerprint density at radius 1 is 1.56 bits per heavy atom. The Hall–Kier alpha value is -1.00. The molecule has 1 amide bonds. The third kappa shape index (κ3) is 3.50. The summed E-state index contributed by atoms with van der Waals surface area (Å²) in [6.45, 7) is 7.92. The molecule has 0 aliphatic heterocycles. The van der Waals surface area contributed by atoms with Crippen molar-refractivity contribution in [3.05, 3.63) is 23.0 Å². The number of nitrogens with zero attached hydrogens (tertiary/aromatic N) is 2. The fourth-order valence-corrected chi connectivity index (χ4v) is 2.06. The number of rotatable bonds is 5. The lowest BCUT2D eigenvalue weighted by atomic mass is 9.93. The van der Waals surface area contributed by atoms with Gasteiger partial charge in [0.25, 0.3) is 5.91 Å². The summed E-state index contributed by atoms with van der Waals surface area (Å²) in [7, 11) is 1.82. The number of carbonyl (C=O) groups is 1. The topological polar surface area (TPSA) is 51.3 Å². The number of aryl methyl sites for hydroxylation is 1. The molecule has 0 fully saturated rings. The highest BCUT2D eigenvalue weighted by Gasteiger charge is 2.24. The van der Waals surface area contributed by atoms with Gasteiger partial charge in [-0.3, -0.25) is 4.79 Å². The van der Waals surface area contributed by atoms with E-state index in [4.69, 9.17) is 17.3 Å². The number of hydrogen-bond acceptors (Lipinski definition) is 2. The smallest absolute Gasteiger partial charge is 0.270 e. The standard InChI is InChI=1S/C13H22ClN3O/c1-5-17(9-13(2,3)8-15)12(18)11-6-10(14)7-16(11)4/h6-7H,5,8-9,15H2,1-4H3. The predicted molar refractivity (Wildman–Crippen MR) is 74.8 cm³/mol. The van der Waals surface area contributed by atoms with Crippen LogP contribution in [0, 0.1) is 5.41 Å². The molecule has 0 saturated carbocycles. The highest BCUT2D eigenvalue weighted by Crippen LogP contribution is 2.19. The van der Waals surface area contributed by atoms with Gasteiger partial charge >= 0.3 is 0 Å². The maximum Gasteiger partial charge on any atom is 0.270 e. The van der Waals surface area contributed by atoms with Crippen molar-refractivity contribution in [2.24, 2.45) is 18.2 Å². The summed E-state index contributed by atoms with van der Waals surface area (Å²) >= 11 is 5.91. The van der Waals surface area contributed by atoms with Crippen LogP contribution in [-0.2, 0) is 7.05 Å². The van der Waals surface area contributed by atoms with Crippen LogP contribution in [0.4, 0.5) is 0 Å². The quantitative estimate of drug-likeness (QED) is 0.892. The molecule has 0 aliphatic rings. The predicted octanol–water partition coefficient (Wildman–Crippen LogP) is 2.13. The molecule has 18 heavy (non-hydrogen) atoms. The van der Waals surface area contributed by atoms with Crippen molar-refractivity contribution in [2.45, 2.75) is 20.8 Å². The van der Waals surface area contributed by atoms with Crippen LogP contribution in [0.2, 0.25) is 5.02 Å². The van der Waals surface area contributed by atoms with Gasteiger partial charge < -0.3 is 15.2 Å². The fourth-order valence-electron chi connectivity index (χ4n) is 1.81. The minimum Gasteiger partial charge on any atom is -0.345 e. The van der Waals surface area contributed by atoms with Gasteiger partial charge in [0, 0.05) is 26.3 Å². The van der Waals surface area contributed by atoms with E-state index in [0.717, 1.165) is 0 Å². The average Bonchev–Trinajstić information content (AvgIpc) is 2.64. The summed E-state index contributed by atoms with van der Waals surface area (Å²) in [6.07, 6.45) is 1.73. The fraction of sp³-hybridized carbons (Fsp3) is 0.615. The zero-order chi connectivity index (χ0) is 13.9. The van der Waals surface area contributed by atoms with Gasteiger partial charge in [-0.1, -0.05) is 25.4 Å². The van der Waals surface area contributed by atoms with Crippen LogP contribution in [0.15, 0.2) is 12.3 Å². The molecule has 1 aromatic heterocycles. The molecule has 0 aliphatic carbocycles.